The van der Waals surface area contributed by atoms with Crippen molar-refractivity contribution in [1.82, 2.24) is 0 Å². The Balaban J connectivity index is 4.51. The zero-order valence-corrected chi connectivity index (χ0v) is 15.8. The number of esters is 2. The Morgan fingerprint density at radius 1 is 1.15 bits per heavy atom. The van der Waals surface area contributed by atoms with Crippen LogP contribution in [-0.2, 0) is 38.1 Å². The molecule has 26 heavy (non-hydrogen) atoms. The van der Waals surface area contributed by atoms with Crippen molar-refractivity contribution in [2.24, 2.45) is 0 Å². The van der Waals surface area contributed by atoms with Gasteiger partial charge in [0.15, 0.2) is 6.10 Å². The molecule has 0 aliphatic rings. The van der Waals surface area contributed by atoms with Crippen LogP contribution in [0.15, 0.2) is 0 Å². The summed E-state index contributed by atoms with van der Waals surface area (Å²) >= 11 is 0. The number of likely N-dealkylation sites (N-methyl/N-ethyl adjacent to an activating group) is 1. The third-order valence-electron chi connectivity index (χ3n) is 3.09. The molecule has 0 aromatic heterocycles. The first-order valence-corrected chi connectivity index (χ1v) is 8.14. The number of ether oxygens (including phenoxy) is 4. The standard InChI is InChI=1S/C16H27NO9/c1-6-12(14(20)21)26-13(19)9-11(2)25-15(22)16(24-10-18)23-8-7-17(3,4)5/h10-12,16H,6-9H2,1-5H3/p+1. The van der Waals surface area contributed by atoms with E-state index in [-0.39, 0.29) is 25.9 Å². The fraction of sp³-hybridized carbons (Fsp3) is 0.750. The summed E-state index contributed by atoms with van der Waals surface area (Å²) in [6.45, 7) is 3.75. The zero-order chi connectivity index (χ0) is 20.3. The van der Waals surface area contributed by atoms with Crippen LogP contribution in [0.2, 0.25) is 0 Å². The maximum Gasteiger partial charge on any atom is 0.376 e. The SMILES string of the molecule is CCC(OC(=O)CC(C)OC(=O)C(OC=O)OCC[N+](C)(C)C)C(=O)O. The topological polar surface area (TPSA) is 125 Å². The molecule has 0 saturated heterocycles. The van der Waals surface area contributed by atoms with Crippen LogP contribution < -0.4 is 0 Å². The monoisotopic (exact) mass is 378 g/mol. The number of quaternary nitrogens is 1. The molecule has 1 N–H and O–H groups in total. The van der Waals surface area contributed by atoms with Gasteiger partial charge in [0.25, 0.3) is 6.47 Å². The minimum absolute atomic E-state index is 0.0650. The lowest BCUT2D eigenvalue weighted by molar-refractivity contribution is -0.870. The first kappa shape index (κ1) is 23.8. The summed E-state index contributed by atoms with van der Waals surface area (Å²) in [6.07, 6.45) is -3.94. The van der Waals surface area contributed by atoms with Crippen LogP contribution in [-0.4, -0.2) is 86.8 Å². The lowest BCUT2D eigenvalue weighted by Gasteiger charge is -2.25. The van der Waals surface area contributed by atoms with Gasteiger partial charge in [-0.15, -0.1) is 0 Å². The number of nitrogens with zero attached hydrogens (tertiary/aromatic N) is 1. The number of hydrogen-bond acceptors (Lipinski definition) is 8. The van der Waals surface area contributed by atoms with Crippen molar-refractivity contribution >= 4 is 24.4 Å². The maximum absolute atomic E-state index is 12.0. The number of carboxylic acids is 1. The predicted octanol–water partition coefficient (Wildman–Crippen LogP) is -0.0635. The Kier molecular flexibility index (Phi) is 10.5. The van der Waals surface area contributed by atoms with Gasteiger partial charge < -0.3 is 28.5 Å². The van der Waals surface area contributed by atoms with E-state index in [1.54, 1.807) is 6.92 Å². The van der Waals surface area contributed by atoms with Gasteiger partial charge >= 0.3 is 24.2 Å². The molecule has 0 fully saturated rings. The van der Waals surface area contributed by atoms with Gasteiger partial charge in [-0.25, -0.2) is 9.59 Å². The molecule has 3 unspecified atom stereocenters. The van der Waals surface area contributed by atoms with Gasteiger partial charge in [0.1, 0.15) is 19.3 Å². The Morgan fingerprint density at radius 2 is 1.77 bits per heavy atom. The van der Waals surface area contributed by atoms with Crippen LogP contribution in [0, 0.1) is 0 Å². The van der Waals surface area contributed by atoms with Gasteiger partial charge in [-0.05, 0) is 13.3 Å². The van der Waals surface area contributed by atoms with E-state index in [1.807, 2.05) is 21.1 Å². The van der Waals surface area contributed by atoms with Crippen molar-refractivity contribution < 1.29 is 47.7 Å². The van der Waals surface area contributed by atoms with Crippen LogP contribution in [0.25, 0.3) is 0 Å². The summed E-state index contributed by atoms with van der Waals surface area (Å²) in [6, 6.07) is 0. The highest BCUT2D eigenvalue weighted by Gasteiger charge is 2.27. The minimum atomic E-state index is -1.54. The number of aliphatic carboxylic acids is 1. The van der Waals surface area contributed by atoms with Crippen LogP contribution in [0.3, 0.4) is 0 Å². The first-order valence-electron chi connectivity index (χ1n) is 8.14. The highest BCUT2D eigenvalue weighted by Crippen LogP contribution is 2.08. The van der Waals surface area contributed by atoms with Crippen molar-refractivity contribution in [3.8, 4) is 0 Å². The number of rotatable bonds is 13. The van der Waals surface area contributed by atoms with Gasteiger partial charge in [0.05, 0.1) is 27.6 Å². The fourth-order valence-corrected chi connectivity index (χ4v) is 1.69. The molecule has 0 aliphatic heterocycles. The average Bonchev–Trinajstić information content (AvgIpc) is 2.49. The maximum atomic E-state index is 12.0. The molecule has 0 amide bonds. The summed E-state index contributed by atoms with van der Waals surface area (Å²) in [7, 11) is 5.77. The van der Waals surface area contributed by atoms with Crippen LogP contribution in [0.5, 0.6) is 0 Å². The largest absolute Gasteiger partial charge is 0.479 e. The Hall–Kier alpha value is -2.20. The fourth-order valence-electron chi connectivity index (χ4n) is 1.69. The minimum Gasteiger partial charge on any atom is -0.479 e. The Labute approximate surface area is 152 Å². The zero-order valence-electron chi connectivity index (χ0n) is 15.8. The van der Waals surface area contributed by atoms with Crippen LogP contribution >= 0.6 is 0 Å². The second-order valence-electron chi connectivity index (χ2n) is 6.63. The van der Waals surface area contributed by atoms with Crippen LogP contribution in [0.1, 0.15) is 26.7 Å². The average molecular weight is 378 g/mol. The molecule has 0 aromatic rings. The Bertz CT molecular complexity index is 487. The number of carboxylic acid groups (broad SMARTS) is 1. The molecule has 0 aromatic carbocycles. The van der Waals surface area contributed by atoms with Gasteiger partial charge in [-0.1, -0.05) is 6.92 Å². The van der Waals surface area contributed by atoms with Crippen molar-refractivity contribution in [2.75, 3.05) is 34.3 Å². The van der Waals surface area contributed by atoms with E-state index in [4.69, 9.17) is 19.3 Å². The van der Waals surface area contributed by atoms with Gasteiger partial charge in [0.2, 0.25) is 0 Å². The van der Waals surface area contributed by atoms with Crippen molar-refractivity contribution in [3.63, 3.8) is 0 Å². The normalized spacial score (nSPS) is 14.7. The third-order valence-corrected chi connectivity index (χ3v) is 3.09. The molecule has 150 valence electrons. The van der Waals surface area contributed by atoms with Crippen LogP contribution in [0.4, 0.5) is 0 Å². The summed E-state index contributed by atoms with van der Waals surface area (Å²) < 4.78 is 20.1. The molecule has 0 aliphatic carbocycles. The van der Waals surface area contributed by atoms with E-state index in [9.17, 15) is 19.2 Å². The Morgan fingerprint density at radius 3 is 2.23 bits per heavy atom. The molecule has 0 bridgehead atoms. The first-order chi connectivity index (χ1) is 12.0. The number of carbonyl (C=O) groups is 4. The number of hydrogen-bond donors (Lipinski definition) is 1. The van der Waals surface area contributed by atoms with E-state index in [2.05, 4.69) is 4.74 Å². The van der Waals surface area contributed by atoms with E-state index >= 15 is 0 Å². The second-order valence-corrected chi connectivity index (χ2v) is 6.63. The highest BCUT2D eigenvalue weighted by molar-refractivity contribution is 5.78. The summed E-state index contributed by atoms with van der Waals surface area (Å²) in [5, 5.41) is 8.84. The van der Waals surface area contributed by atoms with Crippen molar-refractivity contribution in [1.29, 1.82) is 0 Å². The lowest BCUT2D eigenvalue weighted by atomic mass is 10.2. The van der Waals surface area contributed by atoms with Gasteiger partial charge in [0, 0.05) is 0 Å². The lowest BCUT2D eigenvalue weighted by Crippen LogP contribution is -2.40. The van der Waals surface area contributed by atoms with E-state index in [0.717, 1.165) is 0 Å². The number of carbonyl (C=O) groups excluding carboxylic acids is 3. The smallest absolute Gasteiger partial charge is 0.376 e. The molecular formula is C16H28NO9+. The molecule has 3 atom stereocenters. The van der Waals surface area contributed by atoms with Crippen molar-refractivity contribution in [3.05, 3.63) is 0 Å². The van der Waals surface area contributed by atoms with Gasteiger partial charge in [-0.2, -0.15) is 0 Å². The quantitative estimate of drug-likeness (QED) is 0.154. The van der Waals surface area contributed by atoms with E-state index in [1.165, 1.54) is 6.92 Å². The molecule has 10 nitrogen and oxygen atoms in total. The van der Waals surface area contributed by atoms with E-state index < -0.39 is 36.4 Å². The molecule has 0 radical (unpaired) electrons. The molecule has 10 heteroatoms. The van der Waals surface area contributed by atoms with Gasteiger partial charge in [-0.3, -0.25) is 9.59 Å². The highest BCUT2D eigenvalue weighted by atomic mass is 16.7. The second kappa shape index (κ2) is 11.4. The third kappa shape index (κ3) is 10.6. The van der Waals surface area contributed by atoms with Crippen molar-refractivity contribution in [2.45, 2.75) is 45.2 Å². The summed E-state index contributed by atoms with van der Waals surface area (Å²) in [4.78, 5) is 45.0. The molecule has 0 rings (SSSR count). The summed E-state index contributed by atoms with van der Waals surface area (Å²) in [5.41, 5.74) is 0. The molecule has 0 spiro atoms. The summed E-state index contributed by atoms with van der Waals surface area (Å²) in [5.74, 6) is -3.04. The molecule has 0 saturated carbocycles. The molecular weight excluding hydrogens is 350 g/mol. The van der Waals surface area contributed by atoms with E-state index in [0.29, 0.717) is 11.0 Å². The molecule has 0 heterocycles. The predicted molar refractivity (Wildman–Crippen MR) is 87.8 cm³/mol.